The number of halogens is 1. The zero-order valence-corrected chi connectivity index (χ0v) is 15.3. The highest BCUT2D eigenvalue weighted by atomic mass is 19.1. The van der Waals surface area contributed by atoms with Crippen LogP contribution in [0.4, 0.5) is 4.39 Å². The molecule has 0 saturated heterocycles. The van der Waals surface area contributed by atoms with Gasteiger partial charge in [-0.15, -0.1) is 0 Å². The molecule has 2 heterocycles. The number of nitrogens with one attached hydrogen (secondary N) is 1. The number of aliphatic hydroxyl groups is 1. The van der Waals surface area contributed by atoms with Crippen LogP contribution in [0.15, 0.2) is 42.5 Å². The van der Waals surface area contributed by atoms with E-state index in [4.69, 9.17) is 10.1 Å². The molecule has 1 fully saturated rings. The van der Waals surface area contributed by atoms with Gasteiger partial charge in [-0.2, -0.15) is 5.10 Å². The fourth-order valence-electron chi connectivity index (χ4n) is 3.63. The zero-order chi connectivity index (χ0) is 19.1. The summed E-state index contributed by atoms with van der Waals surface area (Å²) in [6, 6.07) is 12.8. The fraction of sp³-hybridized carbons (Fsp3) is 0.286. The molecule has 0 amide bonds. The highest BCUT2D eigenvalue weighted by molar-refractivity contribution is 5.80. The van der Waals surface area contributed by atoms with Crippen molar-refractivity contribution in [3.8, 4) is 11.4 Å². The Morgan fingerprint density at radius 1 is 1.14 bits per heavy atom. The summed E-state index contributed by atoms with van der Waals surface area (Å²) in [4.78, 5) is 12.2. The Hall–Kier alpha value is -3.06. The predicted octanol–water partition coefficient (Wildman–Crippen LogP) is 3.77. The second kappa shape index (κ2) is 6.83. The Kier molecular flexibility index (Phi) is 4.16. The molecule has 0 spiro atoms. The summed E-state index contributed by atoms with van der Waals surface area (Å²) in [5.74, 6) is 1.80. The smallest absolute Gasteiger partial charge is 0.158 e. The Morgan fingerprint density at radius 2 is 2.04 bits per heavy atom. The van der Waals surface area contributed by atoms with E-state index in [-0.39, 0.29) is 12.4 Å². The molecule has 2 aromatic heterocycles. The van der Waals surface area contributed by atoms with Crippen LogP contribution in [0.5, 0.6) is 0 Å². The number of benzene rings is 2. The van der Waals surface area contributed by atoms with E-state index >= 15 is 0 Å². The summed E-state index contributed by atoms with van der Waals surface area (Å²) in [7, 11) is 0. The van der Waals surface area contributed by atoms with Gasteiger partial charge in [-0.25, -0.2) is 19.0 Å². The number of fused-ring (bicyclic) bond motifs is 1. The van der Waals surface area contributed by atoms with Crippen LogP contribution in [0.2, 0.25) is 0 Å². The van der Waals surface area contributed by atoms with Crippen LogP contribution in [-0.2, 0) is 13.0 Å². The Labute approximate surface area is 161 Å². The molecule has 2 N–H and O–H groups in total. The van der Waals surface area contributed by atoms with E-state index < -0.39 is 0 Å². The molecule has 0 bridgehead atoms. The van der Waals surface area contributed by atoms with E-state index in [2.05, 4.69) is 9.97 Å². The van der Waals surface area contributed by atoms with Crippen molar-refractivity contribution >= 4 is 11.0 Å². The molecule has 6 nitrogen and oxygen atoms in total. The quantitative estimate of drug-likeness (QED) is 0.555. The normalized spacial score (nSPS) is 14.5. The summed E-state index contributed by atoms with van der Waals surface area (Å²) < 4.78 is 15.5. The van der Waals surface area contributed by atoms with Crippen molar-refractivity contribution in [1.82, 2.24) is 24.7 Å². The minimum Gasteiger partial charge on any atom is -0.388 e. The summed E-state index contributed by atoms with van der Waals surface area (Å²) >= 11 is 0. The molecule has 0 atom stereocenters. The van der Waals surface area contributed by atoms with E-state index in [1.165, 1.54) is 18.6 Å². The highest BCUT2D eigenvalue weighted by Crippen LogP contribution is 2.35. The Balaban J connectivity index is 1.54. The number of imidazole rings is 1. The molecule has 2 aromatic carbocycles. The lowest BCUT2D eigenvalue weighted by molar-refractivity contribution is 0.273. The van der Waals surface area contributed by atoms with Gasteiger partial charge in [-0.3, -0.25) is 0 Å². The van der Waals surface area contributed by atoms with Crippen molar-refractivity contribution < 1.29 is 9.50 Å². The van der Waals surface area contributed by atoms with Gasteiger partial charge in [-0.1, -0.05) is 12.1 Å². The lowest BCUT2D eigenvalue weighted by Crippen LogP contribution is -2.19. The third-order valence-electron chi connectivity index (χ3n) is 5.29. The van der Waals surface area contributed by atoms with Crippen molar-refractivity contribution in [3.05, 3.63) is 65.5 Å². The van der Waals surface area contributed by atoms with Gasteiger partial charge in [0.25, 0.3) is 0 Å². The summed E-state index contributed by atoms with van der Waals surface area (Å²) in [6.07, 6.45) is 3.88. The summed E-state index contributed by atoms with van der Waals surface area (Å²) in [5.41, 5.74) is 3.47. The Bertz CT molecular complexity index is 1140. The largest absolute Gasteiger partial charge is 0.388 e. The standard InChI is InChI=1S/C21H20FN5O/c22-15-4-1-3-13(9-15)10-19-25-21(27(26-19)16-5-2-6-16)14-7-8-17-18(11-14)24-20(12-28)23-17/h1,3-4,7-9,11,16,28H,2,5-6,10,12H2,(H,23,24). The predicted molar refractivity (Wildman–Crippen MR) is 103 cm³/mol. The van der Waals surface area contributed by atoms with Gasteiger partial charge in [0.05, 0.1) is 17.1 Å². The van der Waals surface area contributed by atoms with Crippen LogP contribution >= 0.6 is 0 Å². The SMILES string of the molecule is OCc1nc2ccc(-c3nc(Cc4cccc(F)c4)nn3C3CCC3)cc2[nH]1. The summed E-state index contributed by atoms with van der Waals surface area (Å²) in [5, 5.41) is 14.0. The number of aliphatic hydroxyl groups excluding tert-OH is 1. The first kappa shape index (κ1) is 17.1. The second-order valence-corrected chi connectivity index (χ2v) is 7.26. The number of aromatic amines is 1. The van der Waals surface area contributed by atoms with Crippen LogP contribution in [0.3, 0.4) is 0 Å². The average Bonchev–Trinajstić information content (AvgIpc) is 3.23. The molecule has 5 rings (SSSR count). The van der Waals surface area contributed by atoms with E-state index in [0.717, 1.165) is 40.8 Å². The average molecular weight is 377 g/mol. The van der Waals surface area contributed by atoms with Crippen LogP contribution in [0, 0.1) is 5.82 Å². The zero-order valence-electron chi connectivity index (χ0n) is 15.3. The van der Waals surface area contributed by atoms with Gasteiger partial charge in [-0.05, 0) is 55.2 Å². The lowest BCUT2D eigenvalue weighted by Gasteiger charge is -2.26. The lowest BCUT2D eigenvalue weighted by atomic mass is 9.93. The van der Waals surface area contributed by atoms with E-state index in [0.29, 0.717) is 24.1 Å². The molecule has 28 heavy (non-hydrogen) atoms. The van der Waals surface area contributed by atoms with Crippen molar-refractivity contribution in [3.63, 3.8) is 0 Å². The minimum atomic E-state index is -0.250. The van der Waals surface area contributed by atoms with Crippen molar-refractivity contribution in [2.45, 2.75) is 38.3 Å². The topological polar surface area (TPSA) is 79.6 Å². The first-order valence-electron chi connectivity index (χ1n) is 9.49. The van der Waals surface area contributed by atoms with Gasteiger partial charge < -0.3 is 10.1 Å². The van der Waals surface area contributed by atoms with Crippen molar-refractivity contribution in [2.75, 3.05) is 0 Å². The number of H-pyrrole nitrogens is 1. The molecule has 1 aliphatic carbocycles. The first-order valence-corrected chi connectivity index (χ1v) is 9.49. The van der Waals surface area contributed by atoms with E-state index in [1.807, 2.05) is 28.9 Å². The molecule has 1 aliphatic rings. The number of rotatable bonds is 5. The number of aromatic nitrogens is 5. The molecule has 0 unspecified atom stereocenters. The van der Waals surface area contributed by atoms with Crippen molar-refractivity contribution in [2.24, 2.45) is 0 Å². The van der Waals surface area contributed by atoms with Crippen LogP contribution in [-0.4, -0.2) is 29.8 Å². The maximum absolute atomic E-state index is 13.5. The van der Waals surface area contributed by atoms with Crippen LogP contribution < -0.4 is 0 Å². The fourth-order valence-corrected chi connectivity index (χ4v) is 3.63. The number of hydrogen-bond donors (Lipinski definition) is 2. The van der Waals surface area contributed by atoms with Crippen LogP contribution in [0.25, 0.3) is 22.4 Å². The van der Waals surface area contributed by atoms with Gasteiger partial charge in [0.2, 0.25) is 0 Å². The highest BCUT2D eigenvalue weighted by Gasteiger charge is 2.25. The first-order chi connectivity index (χ1) is 13.7. The molecule has 0 aliphatic heterocycles. The second-order valence-electron chi connectivity index (χ2n) is 7.26. The van der Waals surface area contributed by atoms with Crippen LogP contribution in [0.1, 0.15) is 42.5 Å². The number of nitrogens with zero attached hydrogens (tertiary/aromatic N) is 4. The maximum atomic E-state index is 13.5. The minimum absolute atomic E-state index is 0.125. The van der Waals surface area contributed by atoms with Gasteiger partial charge in [0.15, 0.2) is 11.6 Å². The van der Waals surface area contributed by atoms with Gasteiger partial charge >= 0.3 is 0 Å². The molecular formula is C21H20FN5O. The molecule has 0 radical (unpaired) electrons. The molecular weight excluding hydrogens is 357 g/mol. The third-order valence-corrected chi connectivity index (χ3v) is 5.29. The monoisotopic (exact) mass is 377 g/mol. The third kappa shape index (κ3) is 3.07. The Morgan fingerprint density at radius 3 is 2.79 bits per heavy atom. The molecule has 142 valence electrons. The molecule has 7 heteroatoms. The molecule has 1 saturated carbocycles. The molecule has 4 aromatic rings. The summed E-state index contributed by atoms with van der Waals surface area (Å²) in [6.45, 7) is -0.125. The van der Waals surface area contributed by atoms with Gasteiger partial charge in [0.1, 0.15) is 18.2 Å². The van der Waals surface area contributed by atoms with E-state index in [9.17, 15) is 9.50 Å². The maximum Gasteiger partial charge on any atom is 0.158 e. The van der Waals surface area contributed by atoms with Gasteiger partial charge in [0, 0.05) is 12.0 Å². The van der Waals surface area contributed by atoms with Crippen molar-refractivity contribution in [1.29, 1.82) is 0 Å². The number of hydrogen-bond acceptors (Lipinski definition) is 4. The van der Waals surface area contributed by atoms with E-state index in [1.54, 1.807) is 6.07 Å².